The number of carbonyl (C=O) groups excluding carboxylic acids is 2. The highest BCUT2D eigenvalue weighted by Crippen LogP contribution is 2.29. The molecule has 0 radical (unpaired) electrons. The molecule has 5 heteroatoms. The monoisotopic (exact) mass is 392 g/mol. The van der Waals surface area contributed by atoms with Crippen molar-refractivity contribution in [3.05, 3.63) is 60.2 Å². The minimum Gasteiger partial charge on any atom is -0.489 e. The first-order chi connectivity index (χ1) is 14.1. The van der Waals surface area contributed by atoms with E-state index >= 15 is 0 Å². The number of nitrogens with zero attached hydrogens (tertiary/aromatic N) is 2. The van der Waals surface area contributed by atoms with Crippen LogP contribution in [0.2, 0.25) is 0 Å². The number of benzene rings is 2. The van der Waals surface area contributed by atoms with Crippen LogP contribution in [0.15, 0.2) is 54.6 Å². The van der Waals surface area contributed by atoms with Crippen LogP contribution >= 0.6 is 0 Å². The third-order valence-electron chi connectivity index (χ3n) is 5.97. The lowest BCUT2D eigenvalue weighted by molar-refractivity contribution is -0.137. The quantitative estimate of drug-likeness (QED) is 0.776. The summed E-state index contributed by atoms with van der Waals surface area (Å²) in [6, 6.07) is 17.6. The Hall–Kier alpha value is -2.82. The van der Waals surface area contributed by atoms with Crippen LogP contribution in [0.3, 0.4) is 0 Å². The minimum atomic E-state index is -0.232. The van der Waals surface area contributed by atoms with Crippen molar-refractivity contribution in [2.24, 2.45) is 11.8 Å². The molecular formula is C24H28N2O3. The van der Waals surface area contributed by atoms with Crippen molar-refractivity contribution in [2.45, 2.75) is 32.8 Å². The van der Waals surface area contributed by atoms with Gasteiger partial charge in [0, 0.05) is 31.7 Å². The summed E-state index contributed by atoms with van der Waals surface area (Å²) >= 11 is 0. The van der Waals surface area contributed by atoms with Gasteiger partial charge in [-0.15, -0.1) is 0 Å². The van der Waals surface area contributed by atoms with Gasteiger partial charge >= 0.3 is 0 Å². The zero-order valence-corrected chi connectivity index (χ0v) is 16.9. The maximum absolute atomic E-state index is 12.8. The van der Waals surface area contributed by atoms with Crippen LogP contribution < -0.4 is 9.64 Å². The summed E-state index contributed by atoms with van der Waals surface area (Å²) < 4.78 is 5.82. The van der Waals surface area contributed by atoms with Crippen LogP contribution in [0.5, 0.6) is 5.75 Å². The van der Waals surface area contributed by atoms with Crippen LogP contribution in [0.1, 0.15) is 31.7 Å². The summed E-state index contributed by atoms with van der Waals surface area (Å²) in [5, 5.41) is 0. The molecule has 2 fully saturated rings. The first kappa shape index (κ1) is 19.5. The molecular weight excluding hydrogens is 364 g/mol. The number of hydrogen-bond donors (Lipinski definition) is 0. The van der Waals surface area contributed by atoms with Crippen LogP contribution in [0, 0.1) is 11.8 Å². The van der Waals surface area contributed by atoms with E-state index in [2.05, 4.69) is 6.92 Å². The number of carbonyl (C=O) groups is 2. The van der Waals surface area contributed by atoms with Crippen LogP contribution in [0.25, 0.3) is 0 Å². The van der Waals surface area contributed by atoms with E-state index in [4.69, 9.17) is 4.74 Å². The molecule has 4 rings (SSSR count). The molecule has 2 aliphatic heterocycles. The van der Waals surface area contributed by atoms with Crippen LogP contribution in [-0.2, 0) is 16.2 Å². The SMILES string of the molecule is CC1CCN(C(=O)C2CC(=O)N(c3ccc(OCc4ccccc4)cc3)C2)CC1. The number of anilines is 1. The molecule has 2 aromatic carbocycles. The average Bonchev–Trinajstić information content (AvgIpc) is 3.15. The fourth-order valence-electron chi connectivity index (χ4n) is 4.07. The predicted octanol–water partition coefficient (Wildman–Crippen LogP) is 3.88. The molecule has 2 amide bonds. The van der Waals surface area contributed by atoms with Crippen molar-refractivity contribution in [2.75, 3.05) is 24.5 Å². The van der Waals surface area contributed by atoms with Gasteiger partial charge in [-0.2, -0.15) is 0 Å². The second-order valence-corrected chi connectivity index (χ2v) is 8.18. The topological polar surface area (TPSA) is 49.9 Å². The first-order valence-electron chi connectivity index (χ1n) is 10.5. The zero-order valence-electron chi connectivity index (χ0n) is 16.9. The predicted molar refractivity (Wildman–Crippen MR) is 113 cm³/mol. The molecule has 1 atom stereocenters. The number of piperidine rings is 1. The Balaban J connectivity index is 1.34. The van der Waals surface area contributed by atoms with Gasteiger partial charge in [-0.1, -0.05) is 37.3 Å². The van der Waals surface area contributed by atoms with Gasteiger partial charge in [0.1, 0.15) is 12.4 Å². The molecule has 2 aromatic rings. The van der Waals surface area contributed by atoms with Crippen LogP contribution in [-0.4, -0.2) is 36.3 Å². The largest absolute Gasteiger partial charge is 0.489 e. The van der Waals surface area contributed by atoms with Crippen molar-refractivity contribution >= 4 is 17.5 Å². The van der Waals surface area contributed by atoms with Gasteiger partial charge in [0.2, 0.25) is 11.8 Å². The van der Waals surface area contributed by atoms with Gasteiger partial charge in [0.05, 0.1) is 5.92 Å². The summed E-state index contributed by atoms with van der Waals surface area (Å²) in [6.45, 7) is 4.84. The number of likely N-dealkylation sites (tertiary alicyclic amines) is 1. The second kappa shape index (κ2) is 8.68. The number of hydrogen-bond acceptors (Lipinski definition) is 3. The molecule has 0 aliphatic carbocycles. The second-order valence-electron chi connectivity index (χ2n) is 8.18. The Morgan fingerprint density at radius 3 is 2.41 bits per heavy atom. The Morgan fingerprint density at radius 1 is 1.03 bits per heavy atom. The van der Waals surface area contributed by atoms with Gasteiger partial charge in [0.15, 0.2) is 0 Å². The Bertz CT molecular complexity index is 842. The molecule has 1 unspecified atom stereocenters. The van der Waals surface area contributed by atoms with E-state index in [0.29, 0.717) is 25.5 Å². The molecule has 0 bridgehead atoms. The van der Waals surface area contributed by atoms with Crippen molar-refractivity contribution in [1.29, 1.82) is 0 Å². The van der Waals surface area contributed by atoms with Crippen molar-refractivity contribution < 1.29 is 14.3 Å². The van der Waals surface area contributed by atoms with Gasteiger partial charge in [-0.25, -0.2) is 0 Å². The van der Waals surface area contributed by atoms with E-state index in [1.807, 2.05) is 59.5 Å². The molecule has 5 nitrogen and oxygen atoms in total. The third kappa shape index (κ3) is 4.61. The molecule has 2 saturated heterocycles. The Kier molecular flexibility index (Phi) is 5.84. The molecule has 152 valence electrons. The van der Waals surface area contributed by atoms with Gasteiger partial charge < -0.3 is 14.5 Å². The average molecular weight is 392 g/mol. The number of amides is 2. The summed E-state index contributed by atoms with van der Waals surface area (Å²) in [5.74, 6) is 1.37. The normalized spacial score (nSPS) is 20.2. The molecule has 2 aliphatic rings. The standard InChI is InChI=1S/C24H28N2O3/c1-18-11-13-25(14-12-18)24(28)20-15-23(27)26(16-20)21-7-9-22(10-8-21)29-17-19-5-3-2-4-6-19/h2-10,18,20H,11-17H2,1H3. The summed E-state index contributed by atoms with van der Waals surface area (Å²) in [4.78, 5) is 29.1. The molecule has 0 spiro atoms. The lowest BCUT2D eigenvalue weighted by atomic mass is 9.97. The van der Waals surface area contributed by atoms with E-state index in [0.717, 1.165) is 42.9 Å². The van der Waals surface area contributed by atoms with Crippen molar-refractivity contribution in [1.82, 2.24) is 4.90 Å². The van der Waals surface area contributed by atoms with E-state index in [9.17, 15) is 9.59 Å². The molecule has 0 saturated carbocycles. The van der Waals surface area contributed by atoms with Gasteiger partial charge in [-0.05, 0) is 48.6 Å². The van der Waals surface area contributed by atoms with E-state index in [1.54, 1.807) is 4.90 Å². The Morgan fingerprint density at radius 2 is 1.72 bits per heavy atom. The highest BCUT2D eigenvalue weighted by molar-refractivity contribution is 6.00. The fraction of sp³-hybridized carbons (Fsp3) is 0.417. The number of rotatable bonds is 5. The third-order valence-corrected chi connectivity index (χ3v) is 5.97. The van der Waals surface area contributed by atoms with E-state index in [1.165, 1.54) is 0 Å². The van der Waals surface area contributed by atoms with Crippen molar-refractivity contribution in [3.63, 3.8) is 0 Å². The van der Waals surface area contributed by atoms with Crippen molar-refractivity contribution in [3.8, 4) is 5.75 Å². The smallest absolute Gasteiger partial charge is 0.228 e. The van der Waals surface area contributed by atoms with Gasteiger partial charge in [-0.3, -0.25) is 9.59 Å². The zero-order chi connectivity index (χ0) is 20.2. The summed E-state index contributed by atoms with van der Waals surface area (Å²) in [6.07, 6.45) is 2.41. The maximum atomic E-state index is 12.8. The Labute approximate surface area is 172 Å². The molecule has 0 N–H and O–H groups in total. The number of ether oxygens (including phenoxy) is 1. The lowest BCUT2D eigenvalue weighted by Crippen LogP contribution is -2.42. The van der Waals surface area contributed by atoms with E-state index in [-0.39, 0.29) is 17.7 Å². The van der Waals surface area contributed by atoms with Gasteiger partial charge in [0.25, 0.3) is 0 Å². The molecule has 29 heavy (non-hydrogen) atoms. The summed E-state index contributed by atoms with van der Waals surface area (Å²) in [7, 11) is 0. The fourth-order valence-corrected chi connectivity index (χ4v) is 4.07. The molecule has 0 aromatic heterocycles. The first-order valence-corrected chi connectivity index (χ1v) is 10.5. The highest BCUT2D eigenvalue weighted by Gasteiger charge is 2.37. The highest BCUT2D eigenvalue weighted by atomic mass is 16.5. The molecule has 2 heterocycles. The van der Waals surface area contributed by atoms with E-state index < -0.39 is 0 Å². The van der Waals surface area contributed by atoms with Crippen LogP contribution in [0.4, 0.5) is 5.69 Å². The summed E-state index contributed by atoms with van der Waals surface area (Å²) in [5.41, 5.74) is 1.93. The minimum absolute atomic E-state index is 0.0201. The lowest BCUT2D eigenvalue weighted by Gasteiger charge is -2.32. The maximum Gasteiger partial charge on any atom is 0.228 e.